The molecule has 3 nitrogen and oxygen atoms in total. The topological polar surface area (TPSA) is 32.3 Å². The van der Waals surface area contributed by atoms with Gasteiger partial charge in [0.15, 0.2) is 5.11 Å². The first-order chi connectivity index (χ1) is 8.80. The van der Waals surface area contributed by atoms with Crippen LogP contribution in [-0.2, 0) is 4.79 Å². The van der Waals surface area contributed by atoms with Crippen LogP contribution in [0.25, 0.3) is 0 Å². The Bertz CT molecular complexity index is 398. The van der Waals surface area contributed by atoms with E-state index in [1.165, 1.54) is 12.8 Å². The SMILES string of the molecule is CCCN(CC1CC1)C(=S)NC(=O)[C@]1(C)CC1(Cl)Cl. The number of nitrogens with one attached hydrogen (secondary N) is 1. The van der Waals surface area contributed by atoms with Gasteiger partial charge in [0.2, 0.25) is 5.91 Å². The molecule has 0 unspecified atom stereocenters. The van der Waals surface area contributed by atoms with Crippen LogP contribution in [0.15, 0.2) is 0 Å². The van der Waals surface area contributed by atoms with Crippen molar-refractivity contribution in [2.45, 2.75) is 43.9 Å². The molecule has 108 valence electrons. The fraction of sp³-hybridized carbons (Fsp3) is 0.846. The maximum absolute atomic E-state index is 12.2. The van der Waals surface area contributed by atoms with Crippen molar-refractivity contribution in [3.05, 3.63) is 0 Å². The Morgan fingerprint density at radius 1 is 1.47 bits per heavy atom. The molecule has 0 spiro atoms. The van der Waals surface area contributed by atoms with Gasteiger partial charge in [0.25, 0.3) is 0 Å². The van der Waals surface area contributed by atoms with Crippen LogP contribution in [0.1, 0.15) is 39.5 Å². The van der Waals surface area contributed by atoms with Crippen LogP contribution in [0.3, 0.4) is 0 Å². The van der Waals surface area contributed by atoms with Gasteiger partial charge in [-0.05, 0) is 50.7 Å². The van der Waals surface area contributed by atoms with E-state index >= 15 is 0 Å². The Kier molecular flexibility index (Phi) is 4.34. The molecule has 0 aromatic heterocycles. The molecule has 2 aliphatic carbocycles. The first kappa shape index (κ1) is 15.3. The molecule has 0 bridgehead atoms. The Morgan fingerprint density at radius 3 is 2.47 bits per heavy atom. The van der Waals surface area contributed by atoms with E-state index in [0.29, 0.717) is 11.5 Å². The molecule has 2 aliphatic rings. The summed E-state index contributed by atoms with van der Waals surface area (Å²) in [6.07, 6.45) is 4.02. The summed E-state index contributed by atoms with van der Waals surface area (Å²) in [6, 6.07) is 0. The lowest BCUT2D eigenvalue weighted by atomic mass is 10.1. The fourth-order valence-electron chi connectivity index (χ4n) is 2.12. The molecule has 2 rings (SSSR count). The van der Waals surface area contributed by atoms with Gasteiger partial charge in [-0.15, -0.1) is 23.2 Å². The maximum Gasteiger partial charge on any atom is 0.235 e. The third kappa shape index (κ3) is 3.34. The summed E-state index contributed by atoms with van der Waals surface area (Å²) < 4.78 is -0.946. The molecular formula is C13H20Cl2N2OS. The Morgan fingerprint density at radius 2 is 2.05 bits per heavy atom. The minimum absolute atomic E-state index is 0.167. The lowest BCUT2D eigenvalue weighted by molar-refractivity contribution is -0.124. The molecule has 0 aliphatic heterocycles. The highest BCUT2D eigenvalue weighted by molar-refractivity contribution is 7.80. The van der Waals surface area contributed by atoms with Gasteiger partial charge in [0.1, 0.15) is 4.33 Å². The highest BCUT2D eigenvalue weighted by Crippen LogP contribution is 2.63. The van der Waals surface area contributed by atoms with E-state index < -0.39 is 9.75 Å². The molecule has 1 N–H and O–H groups in total. The summed E-state index contributed by atoms with van der Waals surface area (Å²) in [6.45, 7) is 5.70. The van der Waals surface area contributed by atoms with Gasteiger partial charge in [-0.3, -0.25) is 4.79 Å². The lowest BCUT2D eigenvalue weighted by Crippen LogP contribution is -2.46. The first-order valence-corrected chi connectivity index (χ1v) is 7.95. The number of hydrogen-bond acceptors (Lipinski definition) is 2. The molecule has 0 saturated heterocycles. The van der Waals surface area contributed by atoms with Crippen LogP contribution >= 0.6 is 35.4 Å². The van der Waals surface area contributed by atoms with Crippen molar-refractivity contribution >= 4 is 46.4 Å². The van der Waals surface area contributed by atoms with Gasteiger partial charge in [-0.2, -0.15) is 0 Å². The number of alkyl halides is 2. The van der Waals surface area contributed by atoms with Crippen molar-refractivity contribution < 1.29 is 4.79 Å². The minimum Gasteiger partial charge on any atom is -0.349 e. The van der Waals surface area contributed by atoms with Crippen LogP contribution in [0.5, 0.6) is 0 Å². The van der Waals surface area contributed by atoms with Crippen LogP contribution in [-0.4, -0.2) is 33.3 Å². The number of halogens is 2. The standard InChI is InChI=1S/C13H20Cl2N2OS/c1-3-6-17(7-9-4-5-9)11(19)16-10(18)12(2)8-13(12,14)15/h9H,3-8H2,1-2H3,(H,16,18,19)/t12-/m0/s1. The molecular weight excluding hydrogens is 303 g/mol. The zero-order valence-electron chi connectivity index (χ0n) is 11.3. The van der Waals surface area contributed by atoms with Gasteiger partial charge in [0.05, 0.1) is 5.41 Å². The Hall–Kier alpha value is -0.0600. The predicted octanol–water partition coefficient (Wildman–Crippen LogP) is 3.09. The normalized spacial score (nSPS) is 27.8. The molecule has 2 fully saturated rings. The monoisotopic (exact) mass is 322 g/mol. The van der Waals surface area contributed by atoms with Crippen molar-refractivity contribution in [3.63, 3.8) is 0 Å². The Balaban J connectivity index is 1.89. The van der Waals surface area contributed by atoms with Crippen LogP contribution in [0, 0.1) is 11.3 Å². The van der Waals surface area contributed by atoms with Gasteiger partial charge in [0, 0.05) is 13.1 Å². The Labute approximate surface area is 130 Å². The largest absolute Gasteiger partial charge is 0.349 e. The number of carbonyl (C=O) groups is 1. The first-order valence-electron chi connectivity index (χ1n) is 6.78. The fourth-order valence-corrected chi connectivity index (χ4v) is 3.08. The quantitative estimate of drug-likeness (QED) is 0.623. The van der Waals surface area contributed by atoms with Crippen LogP contribution in [0.4, 0.5) is 0 Å². The highest BCUT2D eigenvalue weighted by atomic mass is 35.5. The number of amides is 1. The maximum atomic E-state index is 12.2. The van der Waals surface area contributed by atoms with E-state index in [9.17, 15) is 4.79 Å². The summed E-state index contributed by atoms with van der Waals surface area (Å²) >= 11 is 17.4. The van der Waals surface area contributed by atoms with Crippen molar-refractivity contribution in [1.82, 2.24) is 10.2 Å². The summed E-state index contributed by atoms with van der Waals surface area (Å²) in [5, 5.41) is 3.32. The lowest BCUT2D eigenvalue weighted by Gasteiger charge is -2.26. The third-order valence-electron chi connectivity index (χ3n) is 3.94. The summed E-state index contributed by atoms with van der Waals surface area (Å²) in [4.78, 5) is 14.3. The van der Waals surface area contributed by atoms with E-state index in [4.69, 9.17) is 35.4 Å². The van der Waals surface area contributed by atoms with E-state index in [1.807, 2.05) is 0 Å². The van der Waals surface area contributed by atoms with Gasteiger partial charge < -0.3 is 10.2 Å². The zero-order valence-corrected chi connectivity index (χ0v) is 13.7. The molecule has 6 heteroatoms. The van der Waals surface area contributed by atoms with Crippen molar-refractivity contribution in [1.29, 1.82) is 0 Å². The molecule has 1 amide bonds. The molecule has 0 aromatic carbocycles. The van der Waals surface area contributed by atoms with Crippen LogP contribution in [0.2, 0.25) is 0 Å². The van der Waals surface area contributed by atoms with Crippen LogP contribution < -0.4 is 5.32 Å². The van der Waals surface area contributed by atoms with E-state index in [-0.39, 0.29) is 5.91 Å². The summed E-state index contributed by atoms with van der Waals surface area (Å²) in [5.41, 5.74) is -0.711. The molecule has 19 heavy (non-hydrogen) atoms. The number of rotatable bonds is 5. The van der Waals surface area contributed by atoms with Crippen molar-refractivity contribution in [3.8, 4) is 0 Å². The summed E-state index contributed by atoms with van der Waals surface area (Å²) in [7, 11) is 0. The zero-order chi connectivity index (χ0) is 14.3. The van der Waals surface area contributed by atoms with Crippen molar-refractivity contribution in [2.24, 2.45) is 11.3 Å². The molecule has 0 heterocycles. The minimum atomic E-state index is -0.946. The smallest absolute Gasteiger partial charge is 0.235 e. The average Bonchev–Trinajstić information content (AvgIpc) is 3.18. The predicted molar refractivity (Wildman–Crippen MR) is 82.5 cm³/mol. The van der Waals surface area contributed by atoms with E-state index in [0.717, 1.165) is 25.4 Å². The molecule has 0 aromatic rings. The number of carbonyl (C=O) groups excluding carboxylic acids is 1. The second-order valence-electron chi connectivity index (χ2n) is 5.86. The second-order valence-corrected chi connectivity index (χ2v) is 7.73. The van der Waals surface area contributed by atoms with Gasteiger partial charge >= 0.3 is 0 Å². The highest BCUT2D eigenvalue weighted by Gasteiger charge is 2.68. The van der Waals surface area contributed by atoms with Gasteiger partial charge in [-0.25, -0.2) is 0 Å². The summed E-state index contributed by atoms with van der Waals surface area (Å²) in [5.74, 6) is 0.567. The van der Waals surface area contributed by atoms with Gasteiger partial charge in [-0.1, -0.05) is 6.92 Å². The van der Waals surface area contributed by atoms with Crippen molar-refractivity contribution in [2.75, 3.05) is 13.1 Å². The van der Waals surface area contributed by atoms with E-state index in [1.54, 1.807) is 6.92 Å². The van der Waals surface area contributed by atoms with E-state index in [2.05, 4.69) is 17.1 Å². The molecule has 1 atom stereocenters. The third-order valence-corrected chi connectivity index (χ3v) is 5.40. The average molecular weight is 323 g/mol. The number of hydrogen-bond donors (Lipinski definition) is 1. The number of nitrogens with zero attached hydrogens (tertiary/aromatic N) is 1. The second kappa shape index (κ2) is 5.38. The number of thiocarbonyl (C=S) groups is 1. The molecule has 2 saturated carbocycles. The molecule has 0 radical (unpaired) electrons.